The minimum Gasteiger partial charge on any atom is -0.298 e. The molecule has 0 amide bonds. The third-order valence-corrected chi connectivity index (χ3v) is 2.95. The first-order valence-electron chi connectivity index (χ1n) is 4.75. The first-order chi connectivity index (χ1) is 6.83. The van der Waals surface area contributed by atoms with E-state index in [4.69, 9.17) is 11.6 Å². The Morgan fingerprint density at radius 2 is 2.00 bits per heavy atom. The van der Waals surface area contributed by atoms with Crippen molar-refractivity contribution in [3.63, 3.8) is 0 Å². The van der Waals surface area contributed by atoms with Crippen LogP contribution < -0.4 is 0 Å². The van der Waals surface area contributed by atoms with Gasteiger partial charge >= 0.3 is 0 Å². The van der Waals surface area contributed by atoms with Crippen LogP contribution in [-0.2, 0) is 11.2 Å². The van der Waals surface area contributed by atoms with E-state index in [9.17, 15) is 4.79 Å². The van der Waals surface area contributed by atoms with Crippen LogP contribution in [0, 0.1) is 0 Å². The number of aldehydes is 1. The highest BCUT2D eigenvalue weighted by Gasteiger charge is 2.14. The maximum Gasteiger partial charge on any atom is 0.151 e. The monoisotopic (exact) mass is 206 g/mol. The van der Waals surface area contributed by atoms with E-state index in [-0.39, 0.29) is 0 Å². The second kappa shape index (κ2) is 3.97. The molecule has 1 aromatic carbocycles. The van der Waals surface area contributed by atoms with Crippen molar-refractivity contribution in [3.8, 4) is 0 Å². The normalized spacial score (nSPS) is 16.1. The van der Waals surface area contributed by atoms with Crippen molar-refractivity contribution in [2.24, 2.45) is 0 Å². The molecule has 1 nitrogen and oxygen atoms in total. The predicted molar refractivity (Wildman–Crippen MR) is 58.2 cm³/mol. The van der Waals surface area contributed by atoms with Crippen molar-refractivity contribution in [1.29, 1.82) is 0 Å². The lowest BCUT2D eigenvalue weighted by Gasteiger charge is -2.05. The van der Waals surface area contributed by atoms with Crippen molar-refractivity contribution in [1.82, 2.24) is 0 Å². The van der Waals surface area contributed by atoms with Crippen LogP contribution in [0.4, 0.5) is 0 Å². The van der Waals surface area contributed by atoms with E-state index in [1.165, 1.54) is 5.56 Å². The molecule has 2 rings (SSSR count). The quantitative estimate of drug-likeness (QED) is 0.645. The smallest absolute Gasteiger partial charge is 0.151 e. The van der Waals surface area contributed by atoms with Crippen LogP contribution >= 0.6 is 11.6 Å². The van der Waals surface area contributed by atoms with E-state index in [1.54, 1.807) is 0 Å². The third kappa shape index (κ3) is 1.60. The fraction of sp³-hybridized carbons (Fsp3) is 0.250. The van der Waals surface area contributed by atoms with Gasteiger partial charge in [-0.1, -0.05) is 35.9 Å². The van der Waals surface area contributed by atoms with E-state index in [2.05, 4.69) is 6.07 Å². The fourth-order valence-electron chi connectivity index (χ4n) is 1.84. The van der Waals surface area contributed by atoms with E-state index in [0.717, 1.165) is 31.1 Å². The lowest BCUT2D eigenvalue weighted by atomic mass is 10.0. The Hall–Kier alpha value is -1.08. The van der Waals surface area contributed by atoms with Gasteiger partial charge in [0.25, 0.3) is 0 Å². The largest absolute Gasteiger partial charge is 0.298 e. The van der Waals surface area contributed by atoms with Crippen LogP contribution in [0.3, 0.4) is 0 Å². The first-order valence-corrected chi connectivity index (χ1v) is 5.13. The number of aryl methyl sites for hydroxylation is 1. The summed E-state index contributed by atoms with van der Waals surface area (Å²) in [6.07, 6.45) is 3.70. The van der Waals surface area contributed by atoms with E-state index in [0.29, 0.717) is 10.6 Å². The third-order valence-electron chi connectivity index (χ3n) is 2.56. The summed E-state index contributed by atoms with van der Waals surface area (Å²) in [6, 6.07) is 7.97. The second-order valence-corrected chi connectivity index (χ2v) is 3.90. The Morgan fingerprint density at radius 3 is 2.79 bits per heavy atom. The van der Waals surface area contributed by atoms with Crippen molar-refractivity contribution in [2.45, 2.75) is 19.3 Å². The first kappa shape index (κ1) is 9.47. The van der Waals surface area contributed by atoms with Gasteiger partial charge in [-0.05, 0) is 30.4 Å². The number of allylic oxidation sites excluding steroid dienone is 2. The SMILES string of the molecule is O=CC1=C(Cl)CCCc2ccccc21. The average molecular weight is 207 g/mol. The molecule has 0 radical (unpaired) electrons. The van der Waals surface area contributed by atoms with Crippen molar-refractivity contribution < 1.29 is 4.79 Å². The molecular weight excluding hydrogens is 196 g/mol. The summed E-state index contributed by atoms with van der Waals surface area (Å²) >= 11 is 6.06. The van der Waals surface area contributed by atoms with Crippen molar-refractivity contribution >= 4 is 23.5 Å². The van der Waals surface area contributed by atoms with Gasteiger partial charge in [0.05, 0.1) is 0 Å². The molecular formula is C12H11ClO. The summed E-state index contributed by atoms with van der Waals surface area (Å²) in [4.78, 5) is 10.9. The molecule has 1 aliphatic rings. The predicted octanol–water partition coefficient (Wildman–Crippen LogP) is 3.17. The number of hydrogen-bond acceptors (Lipinski definition) is 1. The van der Waals surface area contributed by atoms with Gasteiger partial charge in [0.2, 0.25) is 0 Å². The molecule has 0 heterocycles. The Bertz CT molecular complexity index is 393. The number of carbonyl (C=O) groups excluding carboxylic acids is 1. The summed E-state index contributed by atoms with van der Waals surface area (Å²) in [5.41, 5.74) is 2.90. The number of benzene rings is 1. The van der Waals surface area contributed by atoms with Crippen LogP contribution in [0.25, 0.3) is 5.57 Å². The number of carbonyl (C=O) groups is 1. The Kier molecular flexibility index (Phi) is 2.69. The Balaban J connectivity index is 2.60. The van der Waals surface area contributed by atoms with E-state index in [1.807, 2.05) is 18.2 Å². The highest BCUT2D eigenvalue weighted by atomic mass is 35.5. The summed E-state index contributed by atoms with van der Waals surface area (Å²) < 4.78 is 0. The number of halogens is 1. The minimum atomic E-state index is 0.666. The number of rotatable bonds is 1. The molecule has 0 aromatic heterocycles. The van der Waals surface area contributed by atoms with Gasteiger partial charge < -0.3 is 0 Å². The zero-order chi connectivity index (χ0) is 9.97. The zero-order valence-electron chi connectivity index (χ0n) is 7.79. The highest BCUT2D eigenvalue weighted by Crippen LogP contribution is 2.30. The molecule has 0 spiro atoms. The van der Waals surface area contributed by atoms with Crippen LogP contribution in [0.15, 0.2) is 29.3 Å². The van der Waals surface area contributed by atoms with E-state index >= 15 is 0 Å². The standard InChI is InChI=1S/C12H11ClO/c13-12-7-3-5-9-4-1-2-6-10(9)11(12)8-14/h1-2,4,6,8H,3,5,7H2. The summed E-state index contributed by atoms with van der Waals surface area (Å²) in [5, 5.41) is 0.699. The maximum absolute atomic E-state index is 10.9. The lowest BCUT2D eigenvalue weighted by Crippen LogP contribution is -1.91. The summed E-state index contributed by atoms with van der Waals surface area (Å²) in [7, 11) is 0. The molecule has 14 heavy (non-hydrogen) atoms. The average Bonchev–Trinajstić information content (AvgIpc) is 2.36. The van der Waals surface area contributed by atoms with Gasteiger partial charge in [-0.25, -0.2) is 0 Å². The summed E-state index contributed by atoms with van der Waals surface area (Å²) in [5.74, 6) is 0. The zero-order valence-corrected chi connectivity index (χ0v) is 8.55. The second-order valence-electron chi connectivity index (χ2n) is 3.45. The van der Waals surface area contributed by atoms with Gasteiger partial charge in [0.1, 0.15) is 0 Å². The number of fused-ring (bicyclic) bond motifs is 1. The Labute approximate surface area is 88.4 Å². The van der Waals surface area contributed by atoms with Gasteiger partial charge in [-0.2, -0.15) is 0 Å². The molecule has 0 unspecified atom stereocenters. The molecule has 2 heteroatoms. The molecule has 0 fully saturated rings. The number of hydrogen-bond donors (Lipinski definition) is 0. The van der Waals surface area contributed by atoms with Crippen molar-refractivity contribution in [3.05, 3.63) is 40.4 Å². The van der Waals surface area contributed by atoms with Gasteiger partial charge in [0, 0.05) is 10.6 Å². The lowest BCUT2D eigenvalue weighted by molar-refractivity contribution is -0.103. The molecule has 0 N–H and O–H groups in total. The van der Waals surface area contributed by atoms with Gasteiger partial charge in [-0.3, -0.25) is 4.79 Å². The topological polar surface area (TPSA) is 17.1 Å². The summed E-state index contributed by atoms with van der Waals surface area (Å²) in [6.45, 7) is 0. The molecule has 0 bridgehead atoms. The van der Waals surface area contributed by atoms with E-state index < -0.39 is 0 Å². The molecule has 0 saturated heterocycles. The molecule has 1 aromatic rings. The minimum absolute atomic E-state index is 0.666. The molecule has 0 atom stereocenters. The fourth-order valence-corrected chi connectivity index (χ4v) is 2.12. The molecule has 1 aliphatic carbocycles. The Morgan fingerprint density at radius 1 is 1.21 bits per heavy atom. The van der Waals surface area contributed by atoms with Gasteiger partial charge in [0.15, 0.2) is 6.29 Å². The maximum atomic E-state index is 10.9. The van der Waals surface area contributed by atoms with Crippen LogP contribution in [0.5, 0.6) is 0 Å². The van der Waals surface area contributed by atoms with Crippen LogP contribution in [0.2, 0.25) is 0 Å². The van der Waals surface area contributed by atoms with Crippen LogP contribution in [-0.4, -0.2) is 6.29 Å². The molecule has 0 aliphatic heterocycles. The molecule has 0 saturated carbocycles. The molecule has 72 valence electrons. The van der Waals surface area contributed by atoms with Gasteiger partial charge in [-0.15, -0.1) is 0 Å². The van der Waals surface area contributed by atoms with Crippen LogP contribution in [0.1, 0.15) is 24.0 Å². The van der Waals surface area contributed by atoms with Crippen molar-refractivity contribution in [2.75, 3.05) is 0 Å². The highest BCUT2D eigenvalue weighted by molar-refractivity contribution is 6.36.